The zero-order valence-electron chi connectivity index (χ0n) is 11.2. The van der Waals surface area contributed by atoms with Crippen LogP contribution in [0.25, 0.3) is 11.3 Å². The van der Waals surface area contributed by atoms with Crippen molar-refractivity contribution in [3.8, 4) is 11.3 Å². The lowest BCUT2D eigenvalue weighted by atomic mass is 10.1. The molecule has 0 atom stereocenters. The Morgan fingerprint density at radius 1 is 1.38 bits per heavy atom. The summed E-state index contributed by atoms with van der Waals surface area (Å²) < 4.78 is 15.1. The molecule has 0 unspecified atom stereocenters. The summed E-state index contributed by atoms with van der Waals surface area (Å²) in [5, 5.41) is 13.5. The number of aryl methyl sites for hydroxylation is 1. The number of carboxylic acids is 1. The van der Waals surface area contributed by atoms with Gasteiger partial charge in [-0.05, 0) is 18.6 Å². The third-order valence-electron chi connectivity index (χ3n) is 3.00. The van der Waals surface area contributed by atoms with E-state index in [4.69, 9.17) is 23.2 Å². The zero-order valence-corrected chi connectivity index (χ0v) is 12.7. The van der Waals surface area contributed by atoms with Crippen molar-refractivity contribution in [1.29, 1.82) is 0 Å². The van der Waals surface area contributed by atoms with Crippen molar-refractivity contribution in [3.63, 3.8) is 0 Å². The van der Waals surface area contributed by atoms with Gasteiger partial charge in [0.2, 0.25) is 0 Å². The van der Waals surface area contributed by atoms with Crippen LogP contribution in [0.3, 0.4) is 0 Å². The van der Waals surface area contributed by atoms with Gasteiger partial charge in [0.05, 0.1) is 10.0 Å². The molecule has 1 N–H and O–H groups in total. The Morgan fingerprint density at radius 2 is 2.10 bits per heavy atom. The maximum absolute atomic E-state index is 13.6. The molecule has 2 aromatic rings. The average molecular weight is 331 g/mol. The van der Waals surface area contributed by atoms with Crippen molar-refractivity contribution in [1.82, 2.24) is 9.78 Å². The number of carboxylic acid groups (broad SMARTS) is 1. The summed E-state index contributed by atoms with van der Waals surface area (Å²) in [6, 6.07) is 2.34. The highest BCUT2D eigenvalue weighted by Crippen LogP contribution is 2.33. The minimum Gasteiger partial charge on any atom is -0.478 e. The van der Waals surface area contributed by atoms with Crippen molar-refractivity contribution in [2.45, 2.75) is 26.3 Å². The van der Waals surface area contributed by atoms with Crippen LogP contribution in [0.1, 0.15) is 30.1 Å². The third-order valence-corrected chi connectivity index (χ3v) is 3.60. The quantitative estimate of drug-likeness (QED) is 0.821. The van der Waals surface area contributed by atoms with Crippen LogP contribution in [0.4, 0.5) is 4.39 Å². The molecule has 0 aliphatic rings. The minimum absolute atomic E-state index is 0.0188. The lowest BCUT2D eigenvalue weighted by Gasteiger charge is -2.04. The molecule has 0 aliphatic carbocycles. The maximum atomic E-state index is 13.6. The second-order valence-electron chi connectivity index (χ2n) is 4.56. The van der Waals surface area contributed by atoms with Gasteiger partial charge >= 0.3 is 5.97 Å². The number of rotatable bonds is 5. The van der Waals surface area contributed by atoms with Gasteiger partial charge in [0, 0.05) is 18.3 Å². The number of nitrogens with zero attached hydrogens (tertiary/aromatic N) is 2. The molecule has 0 fully saturated rings. The summed E-state index contributed by atoms with van der Waals surface area (Å²) >= 11 is 11.7. The van der Waals surface area contributed by atoms with Crippen LogP contribution in [0.15, 0.2) is 18.3 Å². The van der Waals surface area contributed by atoms with E-state index in [9.17, 15) is 14.3 Å². The van der Waals surface area contributed by atoms with E-state index in [1.807, 2.05) is 6.92 Å². The van der Waals surface area contributed by atoms with Crippen LogP contribution in [0.2, 0.25) is 10.0 Å². The zero-order chi connectivity index (χ0) is 15.6. The molecule has 21 heavy (non-hydrogen) atoms. The Bertz CT molecular complexity index is 686. The highest BCUT2D eigenvalue weighted by atomic mass is 35.5. The first-order valence-electron chi connectivity index (χ1n) is 6.39. The molecule has 0 amide bonds. The Hall–Kier alpha value is -1.59. The Balaban J connectivity index is 2.54. The second kappa shape index (κ2) is 6.45. The van der Waals surface area contributed by atoms with Gasteiger partial charge in [-0.3, -0.25) is 4.68 Å². The number of aromatic carboxylic acids is 1. The lowest BCUT2D eigenvalue weighted by Crippen LogP contribution is -1.98. The van der Waals surface area contributed by atoms with Gasteiger partial charge in [-0.25, -0.2) is 9.18 Å². The van der Waals surface area contributed by atoms with Gasteiger partial charge in [0.15, 0.2) is 0 Å². The van der Waals surface area contributed by atoms with Crippen LogP contribution in [0, 0.1) is 5.82 Å². The molecule has 0 radical (unpaired) electrons. The number of hydrogen-bond donors (Lipinski definition) is 1. The molecule has 1 heterocycles. The van der Waals surface area contributed by atoms with E-state index < -0.39 is 11.8 Å². The summed E-state index contributed by atoms with van der Waals surface area (Å²) in [5.74, 6) is -1.81. The number of halogens is 3. The van der Waals surface area contributed by atoms with Gasteiger partial charge in [-0.2, -0.15) is 5.10 Å². The molecular formula is C14H13Cl2FN2O2. The van der Waals surface area contributed by atoms with Crippen molar-refractivity contribution >= 4 is 29.2 Å². The van der Waals surface area contributed by atoms with E-state index in [0.29, 0.717) is 6.54 Å². The molecule has 4 nitrogen and oxygen atoms in total. The molecular weight excluding hydrogens is 318 g/mol. The highest BCUT2D eigenvalue weighted by molar-refractivity contribution is 6.36. The molecule has 2 rings (SSSR count). The SMILES string of the molecule is CCCCn1cc(C(=O)O)c(-c2cc(F)c(Cl)cc2Cl)n1. The first kappa shape index (κ1) is 15.8. The fourth-order valence-corrected chi connectivity index (χ4v) is 2.39. The van der Waals surface area contributed by atoms with Crippen LogP contribution >= 0.6 is 23.2 Å². The largest absolute Gasteiger partial charge is 0.478 e. The van der Waals surface area contributed by atoms with Crippen molar-refractivity contribution in [2.75, 3.05) is 0 Å². The number of unbranched alkanes of at least 4 members (excludes halogenated alkanes) is 1. The smallest absolute Gasteiger partial charge is 0.339 e. The van der Waals surface area contributed by atoms with Crippen LogP contribution in [-0.4, -0.2) is 20.9 Å². The lowest BCUT2D eigenvalue weighted by molar-refractivity contribution is 0.0697. The van der Waals surface area contributed by atoms with Gasteiger partial charge in [0.1, 0.15) is 17.1 Å². The number of aromatic nitrogens is 2. The molecule has 7 heteroatoms. The van der Waals surface area contributed by atoms with E-state index in [1.165, 1.54) is 16.9 Å². The van der Waals surface area contributed by atoms with Crippen molar-refractivity contribution in [2.24, 2.45) is 0 Å². The van der Waals surface area contributed by atoms with Crippen molar-refractivity contribution < 1.29 is 14.3 Å². The fourth-order valence-electron chi connectivity index (χ4n) is 1.92. The van der Waals surface area contributed by atoms with Gasteiger partial charge in [0.25, 0.3) is 0 Å². The Morgan fingerprint density at radius 3 is 2.71 bits per heavy atom. The normalized spacial score (nSPS) is 10.9. The molecule has 1 aromatic heterocycles. The summed E-state index contributed by atoms with van der Waals surface area (Å²) in [5.41, 5.74) is 0.333. The topological polar surface area (TPSA) is 55.1 Å². The summed E-state index contributed by atoms with van der Waals surface area (Å²) in [7, 11) is 0. The predicted octanol–water partition coefficient (Wildman–Crippen LogP) is 4.49. The molecule has 0 spiro atoms. The second-order valence-corrected chi connectivity index (χ2v) is 5.37. The van der Waals surface area contributed by atoms with Gasteiger partial charge in [-0.15, -0.1) is 0 Å². The maximum Gasteiger partial charge on any atom is 0.339 e. The van der Waals surface area contributed by atoms with Crippen LogP contribution in [-0.2, 0) is 6.54 Å². The van der Waals surface area contributed by atoms with Gasteiger partial charge in [-0.1, -0.05) is 36.5 Å². The minimum atomic E-state index is -1.14. The molecule has 0 aliphatic heterocycles. The Kier molecular flexibility index (Phi) is 4.85. The standard InChI is InChI=1S/C14H13Cl2FN2O2/c1-2-3-4-19-7-9(14(20)21)13(18-19)8-5-12(17)11(16)6-10(8)15/h5-7H,2-4H2,1H3,(H,20,21). The number of hydrogen-bond acceptors (Lipinski definition) is 2. The first-order chi connectivity index (χ1) is 9.93. The van der Waals surface area contributed by atoms with Crippen LogP contribution in [0.5, 0.6) is 0 Å². The first-order valence-corrected chi connectivity index (χ1v) is 7.15. The van der Waals surface area contributed by atoms with E-state index in [2.05, 4.69) is 5.10 Å². The molecule has 0 saturated carbocycles. The van der Waals surface area contributed by atoms with Gasteiger partial charge < -0.3 is 5.11 Å². The molecule has 1 aromatic carbocycles. The molecule has 112 valence electrons. The van der Waals surface area contributed by atoms with E-state index in [1.54, 1.807) is 0 Å². The predicted molar refractivity (Wildman–Crippen MR) is 79.5 cm³/mol. The number of carbonyl (C=O) groups is 1. The summed E-state index contributed by atoms with van der Waals surface area (Å²) in [6.45, 7) is 2.61. The van der Waals surface area contributed by atoms with Crippen LogP contribution < -0.4 is 0 Å². The monoisotopic (exact) mass is 330 g/mol. The summed E-state index contributed by atoms with van der Waals surface area (Å²) in [6.07, 6.45) is 3.24. The van der Waals surface area contributed by atoms with E-state index in [0.717, 1.165) is 18.9 Å². The fraction of sp³-hybridized carbons (Fsp3) is 0.286. The third kappa shape index (κ3) is 3.36. The van der Waals surface area contributed by atoms with E-state index in [-0.39, 0.29) is 26.9 Å². The summed E-state index contributed by atoms with van der Waals surface area (Å²) in [4.78, 5) is 11.3. The van der Waals surface area contributed by atoms with Crippen molar-refractivity contribution in [3.05, 3.63) is 39.8 Å². The van der Waals surface area contributed by atoms with E-state index >= 15 is 0 Å². The highest BCUT2D eigenvalue weighted by Gasteiger charge is 2.20. The molecule has 0 bridgehead atoms. The number of benzene rings is 1. The molecule has 0 saturated heterocycles. The average Bonchev–Trinajstić information content (AvgIpc) is 2.84. The Labute approximate surface area is 131 Å².